The zero-order valence-electron chi connectivity index (χ0n) is 16.8. The number of piperazine rings is 1. The minimum Gasteiger partial charge on any atom is -0.360 e. The van der Waals surface area contributed by atoms with Crippen molar-refractivity contribution in [3.8, 4) is 0 Å². The van der Waals surface area contributed by atoms with E-state index in [1.807, 2.05) is 0 Å². The fourth-order valence-corrected chi connectivity index (χ4v) is 4.71. The third-order valence-corrected chi connectivity index (χ3v) is 6.10. The molecule has 0 spiro atoms. The Balaban J connectivity index is 1.39. The van der Waals surface area contributed by atoms with Gasteiger partial charge in [0.2, 0.25) is 0 Å². The van der Waals surface area contributed by atoms with Crippen LogP contribution in [0.3, 0.4) is 0 Å². The Morgan fingerprint density at radius 2 is 1.58 bits per heavy atom. The number of ether oxygens (including phenoxy) is 1. The molecule has 4 heteroatoms. The molecule has 0 aromatic rings. The Kier molecular flexibility index (Phi) is 5.33. The number of hydrogen-bond donors (Lipinski definition) is 0. The number of fused-ring (bicyclic) bond motifs is 2. The van der Waals surface area contributed by atoms with Gasteiger partial charge in [-0.25, -0.2) is 0 Å². The summed E-state index contributed by atoms with van der Waals surface area (Å²) in [6.45, 7) is 20.6. The van der Waals surface area contributed by atoms with E-state index in [1.165, 1.54) is 52.0 Å². The molecule has 24 heavy (non-hydrogen) atoms. The monoisotopic (exact) mass is 337 g/mol. The van der Waals surface area contributed by atoms with Gasteiger partial charge in [0.25, 0.3) is 0 Å². The van der Waals surface area contributed by atoms with Crippen molar-refractivity contribution >= 4 is 0 Å². The molecule has 3 saturated heterocycles. The summed E-state index contributed by atoms with van der Waals surface area (Å²) in [5.74, 6) is 0.887. The second-order valence-electron chi connectivity index (χ2n) is 10.3. The average molecular weight is 338 g/mol. The second kappa shape index (κ2) is 6.86. The van der Waals surface area contributed by atoms with E-state index in [2.05, 4.69) is 56.2 Å². The Hall–Kier alpha value is -0.160. The Labute approximate surface area is 149 Å². The fraction of sp³-hybridized carbons (Fsp3) is 1.00. The summed E-state index contributed by atoms with van der Waals surface area (Å²) in [6, 6.07) is 1.62. The van der Waals surface area contributed by atoms with Crippen molar-refractivity contribution in [2.45, 2.75) is 84.0 Å². The van der Waals surface area contributed by atoms with Crippen LogP contribution >= 0.6 is 0 Å². The number of rotatable bonds is 4. The minimum absolute atomic E-state index is 0.0233. The van der Waals surface area contributed by atoms with Crippen LogP contribution < -0.4 is 0 Å². The fourth-order valence-electron chi connectivity index (χ4n) is 4.71. The Bertz CT molecular complexity index is 418. The van der Waals surface area contributed by atoms with E-state index in [4.69, 9.17) is 4.74 Å². The highest BCUT2D eigenvalue weighted by atomic mass is 16.5. The highest BCUT2D eigenvalue weighted by Crippen LogP contribution is 2.36. The van der Waals surface area contributed by atoms with E-state index in [0.717, 1.165) is 24.7 Å². The lowest BCUT2D eigenvalue weighted by Gasteiger charge is -2.43. The maximum atomic E-state index is 5.93. The van der Waals surface area contributed by atoms with Gasteiger partial charge >= 0.3 is 0 Å². The molecule has 4 nitrogen and oxygen atoms in total. The summed E-state index contributed by atoms with van der Waals surface area (Å²) < 4.78 is 5.93. The predicted octanol–water partition coefficient (Wildman–Crippen LogP) is 3.03. The summed E-state index contributed by atoms with van der Waals surface area (Å²) in [4.78, 5) is 8.03. The Morgan fingerprint density at radius 3 is 2.08 bits per heavy atom. The van der Waals surface area contributed by atoms with Gasteiger partial charge in [0.05, 0.1) is 12.3 Å². The van der Waals surface area contributed by atoms with Gasteiger partial charge < -0.3 is 4.74 Å². The first-order chi connectivity index (χ1) is 11.1. The Morgan fingerprint density at radius 1 is 0.917 bits per heavy atom. The van der Waals surface area contributed by atoms with Gasteiger partial charge in [-0.3, -0.25) is 14.7 Å². The van der Waals surface area contributed by atoms with Crippen molar-refractivity contribution in [2.75, 3.05) is 39.5 Å². The molecule has 0 aromatic carbocycles. The van der Waals surface area contributed by atoms with Crippen LogP contribution in [0, 0.1) is 5.92 Å². The molecular formula is C20H39N3O. The summed E-state index contributed by atoms with van der Waals surface area (Å²) in [5.41, 5.74) is 0.314. The minimum atomic E-state index is -0.0233. The van der Waals surface area contributed by atoms with E-state index >= 15 is 0 Å². The zero-order valence-corrected chi connectivity index (χ0v) is 16.8. The molecule has 3 aliphatic heterocycles. The molecule has 0 radical (unpaired) electrons. The van der Waals surface area contributed by atoms with Crippen LogP contribution in [0.5, 0.6) is 0 Å². The topological polar surface area (TPSA) is 19.0 Å². The van der Waals surface area contributed by atoms with Crippen LogP contribution in [0.4, 0.5) is 0 Å². The molecule has 0 N–H and O–H groups in total. The third-order valence-electron chi connectivity index (χ3n) is 6.10. The summed E-state index contributed by atoms with van der Waals surface area (Å²) in [6.07, 6.45) is 4.07. The van der Waals surface area contributed by atoms with Gasteiger partial charge in [-0.05, 0) is 66.7 Å². The maximum absolute atomic E-state index is 5.93. The van der Waals surface area contributed by atoms with Crippen molar-refractivity contribution in [1.82, 2.24) is 14.7 Å². The summed E-state index contributed by atoms with van der Waals surface area (Å²) in [5, 5.41) is 0. The normalized spacial score (nSPS) is 31.2. The largest absolute Gasteiger partial charge is 0.360 e. The number of piperidine rings is 1. The standard InChI is InChI=1S/C20H39N3O/c1-19(2,3)23-14-17-11-18(23)13-22(17)12-16-7-9-21(10-8-16)15-24-20(4,5)6/h16-18H,7-15H2,1-6H3/t17-,18-/m0/s1. The molecule has 0 saturated carbocycles. The number of likely N-dealkylation sites (tertiary alicyclic amines) is 3. The molecule has 2 bridgehead atoms. The summed E-state index contributed by atoms with van der Waals surface area (Å²) >= 11 is 0. The lowest BCUT2D eigenvalue weighted by Crippen LogP contribution is -2.54. The molecule has 0 aromatic heterocycles. The van der Waals surface area contributed by atoms with E-state index in [1.54, 1.807) is 0 Å². The van der Waals surface area contributed by atoms with Gasteiger partial charge in [0.15, 0.2) is 0 Å². The molecule has 140 valence electrons. The van der Waals surface area contributed by atoms with Gasteiger partial charge in [0.1, 0.15) is 0 Å². The van der Waals surface area contributed by atoms with Crippen LogP contribution in [0.25, 0.3) is 0 Å². The highest BCUT2D eigenvalue weighted by Gasteiger charge is 2.46. The average Bonchev–Trinajstić information content (AvgIpc) is 3.05. The molecule has 3 aliphatic rings. The smallest absolute Gasteiger partial charge is 0.0997 e. The SMILES string of the molecule is CC(C)(C)OCN1CCC(CN2C[C@@H]3C[C@H]2CN3C(C)(C)C)CC1. The third kappa shape index (κ3) is 4.51. The lowest BCUT2D eigenvalue weighted by molar-refractivity contribution is -0.0724. The highest BCUT2D eigenvalue weighted by molar-refractivity contribution is 5.03. The van der Waals surface area contributed by atoms with E-state index < -0.39 is 0 Å². The maximum Gasteiger partial charge on any atom is 0.0997 e. The van der Waals surface area contributed by atoms with Gasteiger partial charge in [-0.2, -0.15) is 0 Å². The summed E-state index contributed by atoms with van der Waals surface area (Å²) in [7, 11) is 0. The lowest BCUT2D eigenvalue weighted by atomic mass is 9.96. The molecule has 2 atom stereocenters. The quantitative estimate of drug-likeness (QED) is 0.785. The van der Waals surface area contributed by atoms with Gasteiger partial charge in [0, 0.05) is 50.3 Å². The van der Waals surface area contributed by atoms with Gasteiger partial charge in [-0.15, -0.1) is 0 Å². The van der Waals surface area contributed by atoms with Crippen molar-refractivity contribution in [3.63, 3.8) is 0 Å². The second-order valence-corrected chi connectivity index (χ2v) is 10.3. The first kappa shape index (κ1) is 18.6. The van der Waals surface area contributed by atoms with Crippen molar-refractivity contribution in [1.29, 1.82) is 0 Å². The van der Waals surface area contributed by atoms with Gasteiger partial charge in [-0.1, -0.05) is 0 Å². The van der Waals surface area contributed by atoms with Crippen molar-refractivity contribution in [3.05, 3.63) is 0 Å². The predicted molar refractivity (Wildman–Crippen MR) is 100 cm³/mol. The van der Waals surface area contributed by atoms with E-state index in [-0.39, 0.29) is 5.60 Å². The van der Waals surface area contributed by atoms with Crippen LogP contribution in [0.2, 0.25) is 0 Å². The van der Waals surface area contributed by atoms with Crippen molar-refractivity contribution < 1.29 is 4.74 Å². The first-order valence-corrected chi connectivity index (χ1v) is 9.99. The van der Waals surface area contributed by atoms with Crippen LogP contribution in [-0.2, 0) is 4.74 Å². The molecule has 3 fully saturated rings. The number of nitrogens with zero attached hydrogens (tertiary/aromatic N) is 3. The zero-order chi connectivity index (χ0) is 17.5. The molecule has 3 rings (SSSR count). The molecular weight excluding hydrogens is 298 g/mol. The molecule has 3 heterocycles. The van der Waals surface area contributed by atoms with Crippen LogP contribution in [-0.4, -0.2) is 77.4 Å². The van der Waals surface area contributed by atoms with E-state index in [9.17, 15) is 0 Å². The number of hydrogen-bond acceptors (Lipinski definition) is 4. The van der Waals surface area contributed by atoms with Crippen LogP contribution in [0.15, 0.2) is 0 Å². The first-order valence-electron chi connectivity index (χ1n) is 9.99. The van der Waals surface area contributed by atoms with Crippen molar-refractivity contribution in [2.24, 2.45) is 5.92 Å². The molecule has 0 aliphatic carbocycles. The van der Waals surface area contributed by atoms with E-state index in [0.29, 0.717) is 5.54 Å². The molecule has 0 unspecified atom stereocenters. The van der Waals surface area contributed by atoms with Crippen LogP contribution in [0.1, 0.15) is 60.8 Å². The molecule has 0 amide bonds.